The fraction of sp³-hybridized carbons (Fsp3) is 0.167. The molecule has 0 spiro atoms. The van der Waals surface area contributed by atoms with Crippen molar-refractivity contribution in [1.29, 1.82) is 0 Å². The predicted octanol–water partition coefficient (Wildman–Crippen LogP) is 3.30. The Hall–Kier alpha value is -2.35. The number of H-pyrrole nitrogens is 1. The first kappa shape index (κ1) is 18.4. The molecule has 0 saturated carbocycles. The van der Waals surface area contributed by atoms with Crippen molar-refractivity contribution < 1.29 is 13.2 Å². The fourth-order valence-electron chi connectivity index (χ4n) is 2.68. The second kappa shape index (κ2) is 7.49. The normalized spacial score (nSPS) is 11.6. The van der Waals surface area contributed by atoms with E-state index in [1.807, 2.05) is 18.3 Å². The Morgan fingerprint density at radius 2 is 1.88 bits per heavy atom. The van der Waals surface area contributed by atoms with Crippen LogP contribution in [0.5, 0.6) is 0 Å². The topological polar surface area (TPSA) is 91.1 Å². The van der Waals surface area contributed by atoms with Crippen molar-refractivity contribution in [2.45, 2.75) is 18.2 Å². The molecule has 3 aromatic rings. The molecular weight excluding hydrogens is 374 g/mol. The van der Waals surface area contributed by atoms with E-state index in [2.05, 4.69) is 15.0 Å². The maximum absolute atomic E-state index is 12.4. The number of nitrogens with one attached hydrogen (secondary N) is 3. The molecule has 0 fully saturated rings. The summed E-state index contributed by atoms with van der Waals surface area (Å²) in [5, 5.41) is 4.22. The van der Waals surface area contributed by atoms with Crippen LogP contribution in [0.4, 0.5) is 5.69 Å². The summed E-state index contributed by atoms with van der Waals surface area (Å²) in [6.07, 6.45) is 2.39. The number of aromatic amines is 1. The highest BCUT2D eigenvalue weighted by Gasteiger charge is 2.14. The van der Waals surface area contributed by atoms with Crippen LogP contribution >= 0.6 is 11.6 Å². The Morgan fingerprint density at radius 3 is 2.58 bits per heavy atom. The summed E-state index contributed by atoms with van der Waals surface area (Å²) in [6.45, 7) is 1.65. The molecule has 1 amide bonds. The molecule has 2 aromatic carbocycles. The highest BCUT2D eigenvalue weighted by molar-refractivity contribution is 7.89. The van der Waals surface area contributed by atoms with Gasteiger partial charge >= 0.3 is 0 Å². The van der Waals surface area contributed by atoms with Gasteiger partial charge in [-0.3, -0.25) is 4.79 Å². The van der Waals surface area contributed by atoms with Gasteiger partial charge in [-0.25, -0.2) is 13.1 Å². The van der Waals surface area contributed by atoms with Crippen molar-refractivity contribution in [3.8, 4) is 0 Å². The molecule has 0 aliphatic heterocycles. The zero-order valence-electron chi connectivity index (χ0n) is 14.0. The monoisotopic (exact) mass is 391 g/mol. The van der Waals surface area contributed by atoms with Crippen molar-refractivity contribution in [3.05, 3.63) is 59.2 Å². The molecule has 26 heavy (non-hydrogen) atoms. The predicted molar refractivity (Wildman–Crippen MR) is 103 cm³/mol. The maximum atomic E-state index is 12.4. The highest BCUT2D eigenvalue weighted by Crippen LogP contribution is 2.22. The second-order valence-electron chi connectivity index (χ2n) is 5.86. The van der Waals surface area contributed by atoms with E-state index in [9.17, 15) is 13.2 Å². The molecule has 8 heteroatoms. The third-order valence-corrected chi connectivity index (χ3v) is 5.61. The van der Waals surface area contributed by atoms with Gasteiger partial charge in [0.25, 0.3) is 0 Å². The molecule has 136 valence electrons. The first-order valence-corrected chi connectivity index (χ1v) is 9.84. The van der Waals surface area contributed by atoms with E-state index in [0.717, 1.165) is 16.5 Å². The summed E-state index contributed by atoms with van der Waals surface area (Å²) in [6, 6.07) is 11.6. The number of halogens is 1. The SMILES string of the molecule is CC(=O)Nc1ccc(S(=O)(=O)NCCc2c[nH]c3ccc(Cl)cc23)cc1. The number of carbonyl (C=O) groups is 1. The van der Waals surface area contributed by atoms with Gasteiger partial charge in [-0.15, -0.1) is 0 Å². The molecule has 0 bridgehead atoms. The van der Waals surface area contributed by atoms with E-state index in [4.69, 9.17) is 11.6 Å². The van der Waals surface area contributed by atoms with E-state index in [1.165, 1.54) is 19.1 Å². The van der Waals surface area contributed by atoms with Crippen LogP contribution in [0.15, 0.2) is 53.6 Å². The Balaban J connectivity index is 1.66. The van der Waals surface area contributed by atoms with Gasteiger partial charge in [-0.2, -0.15) is 0 Å². The maximum Gasteiger partial charge on any atom is 0.240 e. The van der Waals surface area contributed by atoms with Gasteiger partial charge in [-0.1, -0.05) is 11.6 Å². The molecule has 1 heterocycles. The van der Waals surface area contributed by atoms with E-state index in [-0.39, 0.29) is 17.3 Å². The number of benzene rings is 2. The number of sulfonamides is 1. The van der Waals surface area contributed by atoms with Gasteiger partial charge in [0.05, 0.1) is 4.90 Å². The van der Waals surface area contributed by atoms with Crippen LogP contribution in [0.1, 0.15) is 12.5 Å². The number of amides is 1. The Kier molecular flexibility index (Phi) is 5.31. The van der Waals surface area contributed by atoms with Crippen molar-refractivity contribution in [2.75, 3.05) is 11.9 Å². The molecule has 0 radical (unpaired) electrons. The first-order valence-electron chi connectivity index (χ1n) is 7.98. The average molecular weight is 392 g/mol. The zero-order valence-corrected chi connectivity index (χ0v) is 15.6. The molecule has 3 rings (SSSR count). The van der Waals surface area contributed by atoms with E-state index in [0.29, 0.717) is 17.1 Å². The van der Waals surface area contributed by atoms with E-state index < -0.39 is 10.0 Å². The van der Waals surface area contributed by atoms with Crippen molar-refractivity contribution in [2.24, 2.45) is 0 Å². The van der Waals surface area contributed by atoms with Crippen molar-refractivity contribution >= 4 is 44.1 Å². The van der Waals surface area contributed by atoms with Crippen LogP contribution in [0, 0.1) is 0 Å². The summed E-state index contributed by atoms with van der Waals surface area (Å²) in [7, 11) is -3.62. The smallest absolute Gasteiger partial charge is 0.240 e. The standard InChI is InChI=1S/C18H18ClN3O3S/c1-12(23)22-15-3-5-16(6-4-15)26(24,25)21-9-8-13-11-20-18-7-2-14(19)10-17(13)18/h2-7,10-11,20-21H,8-9H2,1H3,(H,22,23). The van der Waals surface area contributed by atoms with Crippen LogP contribution in [0.25, 0.3) is 10.9 Å². The number of anilines is 1. The van der Waals surface area contributed by atoms with E-state index >= 15 is 0 Å². The lowest BCUT2D eigenvalue weighted by atomic mass is 10.1. The Bertz CT molecular complexity index is 1040. The summed E-state index contributed by atoms with van der Waals surface area (Å²) in [4.78, 5) is 14.3. The molecule has 1 aromatic heterocycles. The molecule has 6 nitrogen and oxygen atoms in total. The summed E-state index contributed by atoms with van der Waals surface area (Å²) in [5.41, 5.74) is 2.50. The minimum Gasteiger partial charge on any atom is -0.361 e. The Morgan fingerprint density at radius 1 is 1.15 bits per heavy atom. The lowest BCUT2D eigenvalue weighted by Crippen LogP contribution is -2.26. The van der Waals surface area contributed by atoms with Crippen LogP contribution in [-0.2, 0) is 21.2 Å². The zero-order chi connectivity index (χ0) is 18.7. The second-order valence-corrected chi connectivity index (χ2v) is 8.06. The summed E-state index contributed by atoms with van der Waals surface area (Å²) >= 11 is 6.03. The van der Waals surface area contributed by atoms with Gasteiger partial charge in [0.2, 0.25) is 15.9 Å². The minimum absolute atomic E-state index is 0.147. The number of aromatic nitrogens is 1. The summed E-state index contributed by atoms with van der Waals surface area (Å²) in [5.74, 6) is -0.211. The third-order valence-electron chi connectivity index (χ3n) is 3.90. The van der Waals surface area contributed by atoms with Gasteiger partial charge in [0.1, 0.15) is 0 Å². The van der Waals surface area contributed by atoms with Crippen molar-refractivity contribution in [1.82, 2.24) is 9.71 Å². The molecule has 3 N–H and O–H groups in total. The Labute approximate surface area is 156 Å². The quantitative estimate of drug-likeness (QED) is 0.602. The van der Waals surface area contributed by atoms with E-state index in [1.54, 1.807) is 18.2 Å². The van der Waals surface area contributed by atoms with Gasteiger partial charge < -0.3 is 10.3 Å². The van der Waals surface area contributed by atoms with Crippen molar-refractivity contribution in [3.63, 3.8) is 0 Å². The largest absolute Gasteiger partial charge is 0.361 e. The molecule has 0 aliphatic carbocycles. The molecule has 0 saturated heterocycles. The number of hydrogen-bond donors (Lipinski definition) is 3. The van der Waals surface area contributed by atoms with Gasteiger partial charge in [-0.05, 0) is 54.4 Å². The lowest BCUT2D eigenvalue weighted by Gasteiger charge is -2.08. The average Bonchev–Trinajstić information content (AvgIpc) is 2.97. The number of rotatable bonds is 6. The number of carbonyl (C=O) groups excluding carboxylic acids is 1. The summed E-state index contributed by atoms with van der Waals surface area (Å²) < 4.78 is 27.4. The molecular formula is C18H18ClN3O3S. The van der Waals surface area contributed by atoms with Crippen LogP contribution < -0.4 is 10.0 Å². The van der Waals surface area contributed by atoms with Gasteiger partial charge in [0, 0.05) is 41.3 Å². The number of fused-ring (bicyclic) bond motifs is 1. The minimum atomic E-state index is -3.62. The first-order chi connectivity index (χ1) is 12.3. The number of hydrogen-bond acceptors (Lipinski definition) is 3. The van der Waals surface area contributed by atoms with Crippen LogP contribution in [0.2, 0.25) is 5.02 Å². The fourth-order valence-corrected chi connectivity index (χ4v) is 3.89. The lowest BCUT2D eigenvalue weighted by molar-refractivity contribution is -0.114. The third kappa shape index (κ3) is 4.24. The highest BCUT2D eigenvalue weighted by atomic mass is 35.5. The molecule has 0 aliphatic rings. The molecule has 0 unspecified atom stereocenters. The van der Waals surface area contributed by atoms with Gasteiger partial charge in [0.15, 0.2) is 0 Å². The van der Waals surface area contributed by atoms with Crippen LogP contribution in [-0.4, -0.2) is 25.9 Å². The van der Waals surface area contributed by atoms with Crippen LogP contribution in [0.3, 0.4) is 0 Å². The molecule has 0 atom stereocenters.